The van der Waals surface area contributed by atoms with Gasteiger partial charge in [-0.25, -0.2) is 4.79 Å². The van der Waals surface area contributed by atoms with E-state index in [0.717, 1.165) is 18.7 Å². The van der Waals surface area contributed by atoms with Crippen molar-refractivity contribution in [2.75, 3.05) is 26.2 Å². The molecule has 1 fully saturated rings. The standard InChI is InChI=1S/C20H27N3O3/c1-2-22-10-6-9-18(22)13-21-14-19-15-23(11-12-25-19)20(24)26-16-17-7-4-3-5-8-17/h3-10,19,21H,2,11-16H2,1H3. The molecule has 0 aliphatic carbocycles. The van der Waals surface area contributed by atoms with Crippen LogP contribution in [0.4, 0.5) is 4.79 Å². The summed E-state index contributed by atoms with van der Waals surface area (Å²) in [6, 6.07) is 13.9. The van der Waals surface area contributed by atoms with E-state index < -0.39 is 0 Å². The lowest BCUT2D eigenvalue weighted by Gasteiger charge is -2.32. The number of aryl methyl sites for hydroxylation is 1. The number of hydrogen-bond acceptors (Lipinski definition) is 4. The molecule has 26 heavy (non-hydrogen) atoms. The van der Waals surface area contributed by atoms with Crippen LogP contribution in [0.1, 0.15) is 18.2 Å². The molecule has 0 bridgehead atoms. The SMILES string of the molecule is CCn1cccc1CNCC1CN(C(=O)OCc2ccccc2)CCO1. The molecule has 2 aromatic rings. The third kappa shape index (κ3) is 5.09. The normalized spacial score (nSPS) is 17.3. The number of nitrogens with one attached hydrogen (secondary N) is 1. The number of carbonyl (C=O) groups is 1. The zero-order valence-electron chi connectivity index (χ0n) is 15.3. The highest BCUT2D eigenvalue weighted by Crippen LogP contribution is 2.09. The number of aromatic nitrogens is 1. The van der Waals surface area contributed by atoms with Crippen LogP contribution in [-0.2, 0) is 29.2 Å². The van der Waals surface area contributed by atoms with E-state index in [2.05, 4.69) is 35.1 Å². The highest BCUT2D eigenvalue weighted by molar-refractivity contribution is 5.67. The molecular formula is C20H27N3O3. The zero-order chi connectivity index (χ0) is 18.2. The average molecular weight is 357 g/mol. The van der Waals surface area contributed by atoms with Crippen LogP contribution >= 0.6 is 0 Å². The van der Waals surface area contributed by atoms with Gasteiger partial charge in [-0.2, -0.15) is 0 Å². The lowest BCUT2D eigenvalue weighted by atomic mass is 10.2. The Balaban J connectivity index is 1.41. The van der Waals surface area contributed by atoms with Gasteiger partial charge in [0.25, 0.3) is 0 Å². The molecule has 6 nitrogen and oxygen atoms in total. The molecule has 0 radical (unpaired) electrons. The largest absolute Gasteiger partial charge is 0.445 e. The maximum Gasteiger partial charge on any atom is 0.410 e. The Morgan fingerprint density at radius 3 is 2.92 bits per heavy atom. The van der Waals surface area contributed by atoms with Crippen molar-refractivity contribution in [1.82, 2.24) is 14.8 Å². The van der Waals surface area contributed by atoms with Crippen molar-refractivity contribution in [3.05, 3.63) is 59.9 Å². The van der Waals surface area contributed by atoms with Gasteiger partial charge in [0.1, 0.15) is 6.61 Å². The van der Waals surface area contributed by atoms with Crippen molar-refractivity contribution in [3.63, 3.8) is 0 Å². The van der Waals surface area contributed by atoms with E-state index >= 15 is 0 Å². The van der Waals surface area contributed by atoms with Crippen molar-refractivity contribution in [2.45, 2.75) is 32.7 Å². The molecule has 1 amide bonds. The number of benzene rings is 1. The summed E-state index contributed by atoms with van der Waals surface area (Å²) in [6.07, 6.45) is 1.79. The number of morpholine rings is 1. The summed E-state index contributed by atoms with van der Waals surface area (Å²) in [5.41, 5.74) is 2.24. The second-order valence-corrected chi connectivity index (χ2v) is 6.40. The van der Waals surface area contributed by atoms with Crippen molar-refractivity contribution in [3.8, 4) is 0 Å². The second kappa shape index (κ2) is 9.40. The number of hydrogen-bond donors (Lipinski definition) is 1. The topological polar surface area (TPSA) is 55.7 Å². The number of nitrogens with zero attached hydrogens (tertiary/aromatic N) is 2. The van der Waals surface area contributed by atoms with Gasteiger partial charge in [-0.05, 0) is 24.6 Å². The van der Waals surface area contributed by atoms with Crippen LogP contribution in [0.5, 0.6) is 0 Å². The first-order valence-electron chi connectivity index (χ1n) is 9.18. The molecule has 0 saturated carbocycles. The summed E-state index contributed by atoms with van der Waals surface area (Å²) in [5.74, 6) is 0. The Hall–Kier alpha value is -2.31. The lowest BCUT2D eigenvalue weighted by Crippen LogP contribution is -2.49. The summed E-state index contributed by atoms with van der Waals surface area (Å²) in [5, 5.41) is 3.42. The monoisotopic (exact) mass is 357 g/mol. The highest BCUT2D eigenvalue weighted by Gasteiger charge is 2.25. The van der Waals surface area contributed by atoms with E-state index in [1.165, 1.54) is 5.69 Å². The Labute approximate surface area is 154 Å². The van der Waals surface area contributed by atoms with E-state index in [9.17, 15) is 4.79 Å². The number of ether oxygens (including phenoxy) is 2. The minimum atomic E-state index is -0.276. The Morgan fingerprint density at radius 2 is 2.12 bits per heavy atom. The summed E-state index contributed by atoms with van der Waals surface area (Å²) in [7, 11) is 0. The van der Waals surface area contributed by atoms with Gasteiger partial charge in [0.15, 0.2) is 0 Å². The Bertz CT molecular complexity index is 687. The summed E-state index contributed by atoms with van der Waals surface area (Å²) >= 11 is 0. The highest BCUT2D eigenvalue weighted by atomic mass is 16.6. The Morgan fingerprint density at radius 1 is 1.27 bits per heavy atom. The van der Waals surface area contributed by atoms with E-state index in [4.69, 9.17) is 9.47 Å². The molecule has 1 aromatic heterocycles. The molecule has 0 spiro atoms. The molecule has 1 aliphatic heterocycles. The first-order chi connectivity index (χ1) is 12.8. The van der Waals surface area contributed by atoms with E-state index in [1.807, 2.05) is 30.3 Å². The van der Waals surface area contributed by atoms with Gasteiger partial charge in [0.2, 0.25) is 0 Å². The fourth-order valence-electron chi connectivity index (χ4n) is 3.10. The first-order valence-corrected chi connectivity index (χ1v) is 9.18. The van der Waals surface area contributed by atoms with Crippen molar-refractivity contribution < 1.29 is 14.3 Å². The lowest BCUT2D eigenvalue weighted by molar-refractivity contribution is -0.0271. The quantitative estimate of drug-likeness (QED) is 0.828. The number of carbonyl (C=O) groups excluding carboxylic acids is 1. The van der Waals surface area contributed by atoms with Gasteiger partial charge in [-0.3, -0.25) is 0 Å². The zero-order valence-corrected chi connectivity index (χ0v) is 15.3. The third-order valence-corrected chi connectivity index (χ3v) is 4.54. The van der Waals surface area contributed by atoms with Crippen LogP contribution < -0.4 is 5.32 Å². The van der Waals surface area contributed by atoms with Crippen LogP contribution in [0.2, 0.25) is 0 Å². The van der Waals surface area contributed by atoms with Crippen LogP contribution in [0, 0.1) is 0 Å². The van der Waals surface area contributed by atoms with Crippen molar-refractivity contribution in [2.24, 2.45) is 0 Å². The van der Waals surface area contributed by atoms with Gasteiger partial charge in [-0.15, -0.1) is 0 Å². The molecule has 140 valence electrons. The molecule has 1 saturated heterocycles. The van der Waals surface area contributed by atoms with Crippen LogP contribution in [0.25, 0.3) is 0 Å². The minimum Gasteiger partial charge on any atom is -0.445 e. The van der Waals surface area contributed by atoms with Gasteiger partial charge in [-0.1, -0.05) is 30.3 Å². The maximum absolute atomic E-state index is 12.3. The number of amides is 1. The predicted octanol–water partition coefficient (Wildman–Crippen LogP) is 2.64. The van der Waals surface area contributed by atoms with Crippen LogP contribution in [-0.4, -0.2) is 47.9 Å². The van der Waals surface area contributed by atoms with E-state index in [-0.39, 0.29) is 12.2 Å². The third-order valence-electron chi connectivity index (χ3n) is 4.54. The van der Waals surface area contributed by atoms with E-state index in [0.29, 0.717) is 32.8 Å². The van der Waals surface area contributed by atoms with Crippen molar-refractivity contribution in [1.29, 1.82) is 0 Å². The Kier molecular flexibility index (Phi) is 6.68. The molecule has 3 rings (SSSR count). The summed E-state index contributed by atoms with van der Waals surface area (Å²) in [4.78, 5) is 14.0. The molecular weight excluding hydrogens is 330 g/mol. The fourth-order valence-corrected chi connectivity index (χ4v) is 3.10. The summed E-state index contributed by atoms with van der Waals surface area (Å²) in [6.45, 7) is 6.55. The minimum absolute atomic E-state index is 0.0157. The maximum atomic E-state index is 12.3. The molecule has 1 N–H and O–H groups in total. The van der Waals surface area contributed by atoms with Gasteiger partial charge in [0.05, 0.1) is 19.3 Å². The molecule has 1 aromatic carbocycles. The molecule has 1 atom stereocenters. The fraction of sp³-hybridized carbons (Fsp3) is 0.450. The van der Waals surface area contributed by atoms with Crippen LogP contribution in [0.3, 0.4) is 0 Å². The van der Waals surface area contributed by atoms with E-state index in [1.54, 1.807) is 4.90 Å². The smallest absolute Gasteiger partial charge is 0.410 e. The first kappa shape index (κ1) is 18.5. The van der Waals surface area contributed by atoms with Gasteiger partial charge >= 0.3 is 6.09 Å². The van der Waals surface area contributed by atoms with Crippen molar-refractivity contribution >= 4 is 6.09 Å². The molecule has 2 heterocycles. The summed E-state index contributed by atoms with van der Waals surface area (Å²) < 4.78 is 13.4. The van der Waals surface area contributed by atoms with Gasteiger partial charge in [0, 0.05) is 38.1 Å². The predicted molar refractivity (Wildman–Crippen MR) is 99.8 cm³/mol. The molecule has 1 aliphatic rings. The van der Waals surface area contributed by atoms with Crippen LogP contribution in [0.15, 0.2) is 48.7 Å². The number of rotatable bonds is 7. The molecule has 6 heteroatoms. The average Bonchev–Trinajstić information content (AvgIpc) is 3.15. The van der Waals surface area contributed by atoms with Gasteiger partial charge < -0.3 is 24.3 Å². The second-order valence-electron chi connectivity index (χ2n) is 6.40. The molecule has 1 unspecified atom stereocenters.